The average Bonchev–Trinajstić information content (AvgIpc) is 2.73. The monoisotopic (exact) mass is 340 g/mol. The van der Waals surface area contributed by atoms with Crippen molar-refractivity contribution in [1.29, 1.82) is 0 Å². The first-order valence-electron chi connectivity index (χ1n) is 8.55. The minimum absolute atomic E-state index is 0.642. The van der Waals surface area contributed by atoms with E-state index in [1.165, 1.54) is 11.1 Å². The number of fused-ring (bicyclic) bond motifs is 2. The first-order chi connectivity index (χ1) is 12.9. The molecular weight excluding hydrogens is 324 g/mol. The van der Waals surface area contributed by atoms with E-state index >= 15 is 0 Å². The summed E-state index contributed by atoms with van der Waals surface area (Å²) < 4.78 is 0. The summed E-state index contributed by atoms with van der Waals surface area (Å²) in [5.74, 6) is 0.800. The van der Waals surface area contributed by atoms with Crippen LogP contribution in [0.3, 0.4) is 0 Å². The number of rotatable bonds is 2. The van der Waals surface area contributed by atoms with Gasteiger partial charge in [0, 0.05) is 42.2 Å². The molecule has 5 rings (SSSR count). The van der Waals surface area contributed by atoms with Gasteiger partial charge >= 0.3 is 0 Å². The lowest BCUT2D eigenvalue weighted by Crippen LogP contribution is -2.16. The number of hydrogen-bond donors (Lipinski definition) is 1. The van der Waals surface area contributed by atoms with Gasteiger partial charge < -0.3 is 0 Å². The molecule has 0 bridgehead atoms. The summed E-state index contributed by atoms with van der Waals surface area (Å²) in [6.45, 7) is 0.642. The van der Waals surface area contributed by atoms with Gasteiger partial charge in [-0.15, -0.1) is 0 Å². The Hall–Kier alpha value is -3.31. The molecule has 0 spiro atoms. The van der Waals surface area contributed by atoms with E-state index in [0.29, 0.717) is 6.61 Å². The van der Waals surface area contributed by atoms with Crippen molar-refractivity contribution in [2.45, 2.75) is 6.42 Å². The fraction of sp³-hybridized carbons (Fsp3) is 0.0952. The van der Waals surface area contributed by atoms with Crippen LogP contribution in [-0.4, -0.2) is 21.6 Å². The predicted molar refractivity (Wildman–Crippen MR) is 101 cm³/mol. The lowest BCUT2D eigenvalue weighted by Gasteiger charge is -2.20. The zero-order chi connectivity index (χ0) is 17.3. The van der Waals surface area contributed by atoms with Gasteiger partial charge in [-0.05, 0) is 58.7 Å². The molecule has 1 N–H and O–H groups in total. The summed E-state index contributed by atoms with van der Waals surface area (Å²) in [5, 5.41) is 1.13. The van der Waals surface area contributed by atoms with Crippen molar-refractivity contribution >= 4 is 16.7 Å². The van der Waals surface area contributed by atoms with E-state index in [1.807, 2.05) is 36.9 Å². The van der Waals surface area contributed by atoms with Gasteiger partial charge in [-0.3, -0.25) is 14.8 Å². The summed E-state index contributed by atoms with van der Waals surface area (Å²) in [5.41, 5.74) is 9.71. The second kappa shape index (κ2) is 6.20. The Labute approximate surface area is 150 Å². The fourth-order valence-corrected chi connectivity index (χ4v) is 3.47. The number of pyridine rings is 3. The zero-order valence-electron chi connectivity index (χ0n) is 14.0. The average molecular weight is 340 g/mol. The molecule has 26 heavy (non-hydrogen) atoms. The molecule has 1 aliphatic rings. The molecule has 5 heteroatoms. The highest BCUT2D eigenvalue weighted by Gasteiger charge is 2.16. The van der Waals surface area contributed by atoms with E-state index in [0.717, 1.165) is 39.8 Å². The SMILES string of the molecule is c1cc(-c2ccnc3ccc(-c4ccnc5c4CCON5)cc23)ccn1. The van der Waals surface area contributed by atoms with Crippen molar-refractivity contribution in [1.82, 2.24) is 15.0 Å². The third-order valence-corrected chi connectivity index (χ3v) is 4.72. The molecule has 0 unspecified atom stereocenters. The van der Waals surface area contributed by atoms with Crippen LogP contribution >= 0.6 is 0 Å². The molecule has 3 aromatic heterocycles. The number of hydrogen-bond acceptors (Lipinski definition) is 5. The summed E-state index contributed by atoms with van der Waals surface area (Å²) in [4.78, 5) is 18.3. The Morgan fingerprint density at radius 1 is 0.808 bits per heavy atom. The number of nitrogens with zero attached hydrogens (tertiary/aromatic N) is 3. The normalized spacial score (nSPS) is 13.2. The van der Waals surface area contributed by atoms with Crippen molar-refractivity contribution in [3.8, 4) is 22.3 Å². The first-order valence-corrected chi connectivity index (χ1v) is 8.55. The molecule has 4 heterocycles. The minimum Gasteiger partial charge on any atom is -0.274 e. The van der Waals surface area contributed by atoms with Crippen LogP contribution in [-0.2, 0) is 11.3 Å². The number of nitrogens with one attached hydrogen (secondary N) is 1. The molecule has 1 aromatic carbocycles. The van der Waals surface area contributed by atoms with E-state index in [9.17, 15) is 0 Å². The van der Waals surface area contributed by atoms with Crippen LogP contribution in [0.4, 0.5) is 5.82 Å². The summed E-state index contributed by atoms with van der Waals surface area (Å²) >= 11 is 0. The van der Waals surface area contributed by atoms with Crippen LogP contribution in [0.1, 0.15) is 5.56 Å². The summed E-state index contributed by atoms with van der Waals surface area (Å²) in [7, 11) is 0. The standard InChI is InChI=1S/C21H16N4O/c1-2-20-19(16(5-10-23-20)14-3-8-22-9-4-14)13-15(1)17-6-11-24-21-18(17)7-12-26-25-21/h1-6,8-11,13H,7,12H2,(H,24,25). The van der Waals surface area contributed by atoms with Crippen molar-refractivity contribution in [2.75, 3.05) is 12.1 Å². The second-order valence-electron chi connectivity index (χ2n) is 6.21. The highest BCUT2D eigenvalue weighted by molar-refractivity contribution is 5.97. The van der Waals surface area contributed by atoms with E-state index in [4.69, 9.17) is 4.84 Å². The fourth-order valence-electron chi connectivity index (χ4n) is 3.47. The third-order valence-electron chi connectivity index (χ3n) is 4.72. The van der Waals surface area contributed by atoms with Gasteiger partial charge in [0.25, 0.3) is 0 Å². The molecule has 0 amide bonds. The van der Waals surface area contributed by atoms with E-state index in [2.05, 4.69) is 50.8 Å². The van der Waals surface area contributed by atoms with Gasteiger partial charge in [-0.1, -0.05) is 6.07 Å². The molecule has 126 valence electrons. The van der Waals surface area contributed by atoms with Crippen LogP contribution in [0.2, 0.25) is 0 Å². The largest absolute Gasteiger partial charge is 0.274 e. The molecule has 0 atom stereocenters. The van der Waals surface area contributed by atoms with Gasteiger partial charge in [-0.25, -0.2) is 10.5 Å². The van der Waals surface area contributed by atoms with Crippen LogP contribution < -0.4 is 5.48 Å². The smallest absolute Gasteiger partial charge is 0.153 e. The van der Waals surface area contributed by atoms with Crippen molar-refractivity contribution in [3.63, 3.8) is 0 Å². The van der Waals surface area contributed by atoms with Crippen molar-refractivity contribution < 1.29 is 4.84 Å². The maximum absolute atomic E-state index is 5.31. The first kappa shape index (κ1) is 15.0. The highest BCUT2D eigenvalue weighted by atomic mass is 16.6. The molecule has 4 aromatic rings. The number of anilines is 1. The van der Waals surface area contributed by atoms with Crippen LogP contribution in [0, 0.1) is 0 Å². The van der Waals surface area contributed by atoms with E-state index < -0.39 is 0 Å². The van der Waals surface area contributed by atoms with Crippen LogP contribution in [0.5, 0.6) is 0 Å². The molecule has 0 aliphatic carbocycles. The molecule has 1 aliphatic heterocycles. The third kappa shape index (κ3) is 2.50. The van der Waals surface area contributed by atoms with Gasteiger partial charge in [0.05, 0.1) is 12.1 Å². The van der Waals surface area contributed by atoms with E-state index in [-0.39, 0.29) is 0 Å². The van der Waals surface area contributed by atoms with Gasteiger partial charge in [0.1, 0.15) is 0 Å². The number of aromatic nitrogens is 3. The molecule has 0 saturated heterocycles. The lowest BCUT2D eigenvalue weighted by molar-refractivity contribution is 0.185. The Kier molecular flexibility index (Phi) is 3.57. The summed E-state index contributed by atoms with van der Waals surface area (Å²) in [6, 6.07) is 14.6. The topological polar surface area (TPSA) is 59.9 Å². The van der Waals surface area contributed by atoms with E-state index in [1.54, 1.807) is 0 Å². The Bertz CT molecular complexity index is 1100. The minimum atomic E-state index is 0.642. The van der Waals surface area contributed by atoms with Crippen LogP contribution in [0.15, 0.2) is 67.3 Å². The predicted octanol–water partition coefficient (Wildman–Crippen LogP) is 4.26. The second-order valence-corrected chi connectivity index (χ2v) is 6.21. The zero-order valence-corrected chi connectivity index (χ0v) is 14.0. The van der Waals surface area contributed by atoms with Gasteiger partial charge in [0.15, 0.2) is 5.82 Å². The molecule has 0 saturated carbocycles. The van der Waals surface area contributed by atoms with Crippen molar-refractivity contribution in [3.05, 3.63) is 72.8 Å². The molecular formula is C21H16N4O. The Morgan fingerprint density at radius 2 is 1.65 bits per heavy atom. The lowest BCUT2D eigenvalue weighted by atomic mass is 9.95. The maximum atomic E-state index is 5.31. The molecule has 5 nitrogen and oxygen atoms in total. The Morgan fingerprint density at radius 3 is 2.58 bits per heavy atom. The quantitative estimate of drug-likeness (QED) is 0.591. The maximum Gasteiger partial charge on any atom is 0.153 e. The molecule has 0 radical (unpaired) electrons. The number of benzene rings is 1. The Balaban J connectivity index is 1.72. The van der Waals surface area contributed by atoms with Crippen LogP contribution in [0.25, 0.3) is 33.2 Å². The summed E-state index contributed by atoms with van der Waals surface area (Å²) in [6.07, 6.45) is 8.14. The van der Waals surface area contributed by atoms with Gasteiger partial charge in [-0.2, -0.15) is 0 Å². The molecule has 0 fully saturated rings. The highest BCUT2D eigenvalue weighted by Crippen LogP contribution is 2.34. The van der Waals surface area contributed by atoms with Gasteiger partial charge in [0.2, 0.25) is 0 Å². The van der Waals surface area contributed by atoms with Crippen molar-refractivity contribution in [2.24, 2.45) is 0 Å².